The summed E-state index contributed by atoms with van der Waals surface area (Å²) >= 11 is 12.4. The Hall–Kier alpha value is -2.54. The summed E-state index contributed by atoms with van der Waals surface area (Å²) in [6.45, 7) is 4.15. The number of benzene rings is 3. The molecule has 0 aliphatic heterocycles. The van der Waals surface area contributed by atoms with Gasteiger partial charge in [-0.05, 0) is 53.3 Å². The Morgan fingerprint density at radius 2 is 1.42 bits per heavy atom. The van der Waals surface area contributed by atoms with Crippen molar-refractivity contribution in [2.45, 2.75) is 31.6 Å². The Labute approximate surface area is 204 Å². The van der Waals surface area contributed by atoms with Crippen LogP contribution in [0.4, 0.5) is 5.69 Å². The molecule has 0 aromatic heterocycles. The van der Waals surface area contributed by atoms with Crippen molar-refractivity contribution in [2.75, 3.05) is 10.8 Å². The summed E-state index contributed by atoms with van der Waals surface area (Å²) in [5.41, 5.74) is 3.33. The molecule has 3 aromatic carbocycles. The van der Waals surface area contributed by atoms with E-state index in [0.29, 0.717) is 12.1 Å². The first-order valence-electron chi connectivity index (χ1n) is 10.5. The van der Waals surface area contributed by atoms with E-state index in [1.807, 2.05) is 50.2 Å². The minimum absolute atomic E-state index is 0.0686. The molecule has 0 bridgehead atoms. The molecule has 0 unspecified atom stereocenters. The molecular formula is C25H25Cl2NO4S. The number of aliphatic carboxylic acids is 1. The minimum Gasteiger partial charge on any atom is -0.481 e. The molecular weight excluding hydrogens is 481 g/mol. The second-order valence-corrected chi connectivity index (χ2v) is 10.7. The summed E-state index contributed by atoms with van der Waals surface area (Å²) in [6, 6.07) is 19.5. The lowest BCUT2D eigenvalue weighted by Crippen LogP contribution is -2.34. The third-order valence-electron chi connectivity index (χ3n) is 5.07. The van der Waals surface area contributed by atoms with E-state index in [-0.39, 0.29) is 33.8 Å². The monoisotopic (exact) mass is 505 g/mol. The number of sulfonamides is 1. The molecule has 0 aliphatic carbocycles. The van der Waals surface area contributed by atoms with Crippen LogP contribution in [0.5, 0.6) is 0 Å². The van der Waals surface area contributed by atoms with Crippen molar-refractivity contribution in [3.8, 4) is 11.1 Å². The van der Waals surface area contributed by atoms with Gasteiger partial charge in [0.15, 0.2) is 0 Å². The van der Waals surface area contributed by atoms with E-state index in [0.717, 1.165) is 16.7 Å². The van der Waals surface area contributed by atoms with Crippen LogP contribution in [0, 0.1) is 5.92 Å². The van der Waals surface area contributed by atoms with Crippen molar-refractivity contribution in [1.82, 2.24) is 0 Å². The van der Waals surface area contributed by atoms with Crippen LogP contribution < -0.4 is 4.31 Å². The largest absolute Gasteiger partial charge is 0.481 e. The molecule has 0 saturated carbocycles. The maximum Gasteiger partial charge on any atom is 0.303 e. The lowest BCUT2D eigenvalue weighted by Gasteiger charge is -2.27. The summed E-state index contributed by atoms with van der Waals surface area (Å²) in [4.78, 5) is 10.6. The van der Waals surface area contributed by atoms with E-state index in [2.05, 4.69) is 0 Å². The Kier molecular flexibility index (Phi) is 8.05. The van der Waals surface area contributed by atoms with Gasteiger partial charge in [0.1, 0.15) is 4.90 Å². The maximum absolute atomic E-state index is 13.5. The van der Waals surface area contributed by atoms with Gasteiger partial charge in [-0.1, -0.05) is 79.5 Å². The van der Waals surface area contributed by atoms with E-state index in [9.17, 15) is 13.2 Å². The highest BCUT2D eigenvalue weighted by molar-refractivity contribution is 7.93. The van der Waals surface area contributed by atoms with Crippen LogP contribution in [0.25, 0.3) is 11.1 Å². The molecule has 5 nitrogen and oxygen atoms in total. The van der Waals surface area contributed by atoms with Gasteiger partial charge >= 0.3 is 5.97 Å². The van der Waals surface area contributed by atoms with Crippen molar-refractivity contribution in [1.29, 1.82) is 0 Å². The zero-order valence-electron chi connectivity index (χ0n) is 18.3. The van der Waals surface area contributed by atoms with Crippen LogP contribution in [0.15, 0.2) is 71.6 Å². The number of anilines is 1. The topological polar surface area (TPSA) is 74.7 Å². The summed E-state index contributed by atoms with van der Waals surface area (Å²) in [5, 5.41) is 8.99. The molecule has 8 heteroatoms. The third kappa shape index (κ3) is 6.08. The van der Waals surface area contributed by atoms with Gasteiger partial charge in [0.2, 0.25) is 0 Å². The van der Waals surface area contributed by atoms with E-state index in [1.165, 1.54) is 16.4 Å². The normalized spacial score (nSPS) is 11.5. The van der Waals surface area contributed by atoms with Crippen LogP contribution in [-0.4, -0.2) is 26.0 Å². The summed E-state index contributed by atoms with van der Waals surface area (Å²) in [6.07, 6.45) is 0.560. The second kappa shape index (κ2) is 10.6. The Balaban J connectivity index is 1.92. The lowest BCUT2D eigenvalue weighted by atomic mass is 10.0. The number of hydrogen-bond acceptors (Lipinski definition) is 3. The van der Waals surface area contributed by atoms with Crippen molar-refractivity contribution < 1.29 is 18.3 Å². The average molecular weight is 506 g/mol. The number of halogens is 2. The number of carbonyl (C=O) groups is 1. The lowest BCUT2D eigenvalue weighted by molar-refractivity contribution is -0.136. The van der Waals surface area contributed by atoms with Gasteiger partial charge in [-0.2, -0.15) is 0 Å². The first-order valence-corrected chi connectivity index (χ1v) is 12.7. The Morgan fingerprint density at radius 3 is 1.91 bits per heavy atom. The van der Waals surface area contributed by atoms with E-state index in [4.69, 9.17) is 28.3 Å². The first-order chi connectivity index (χ1) is 15.6. The highest BCUT2D eigenvalue weighted by atomic mass is 35.5. The fourth-order valence-corrected chi connectivity index (χ4v) is 6.17. The zero-order chi connectivity index (χ0) is 24.2. The molecule has 0 spiro atoms. The SMILES string of the molecule is CC(C)CN(c1ccc(-c2ccc(CCC(=O)O)cc2)cc1)S(=O)(=O)c1c(Cl)cccc1Cl. The van der Waals surface area contributed by atoms with Crippen LogP contribution in [0.3, 0.4) is 0 Å². The van der Waals surface area contributed by atoms with Crippen molar-refractivity contribution >= 4 is 44.9 Å². The van der Waals surface area contributed by atoms with E-state index < -0.39 is 16.0 Å². The van der Waals surface area contributed by atoms with Crippen LogP contribution in [0.1, 0.15) is 25.8 Å². The number of aryl methyl sites for hydroxylation is 1. The molecule has 0 saturated heterocycles. The van der Waals surface area contributed by atoms with Gasteiger partial charge < -0.3 is 5.11 Å². The van der Waals surface area contributed by atoms with Crippen LogP contribution in [-0.2, 0) is 21.2 Å². The van der Waals surface area contributed by atoms with Gasteiger partial charge in [-0.15, -0.1) is 0 Å². The Bertz CT molecular complexity index is 1200. The number of carboxylic acid groups (broad SMARTS) is 1. The molecule has 1 N–H and O–H groups in total. The molecule has 0 fully saturated rings. The third-order valence-corrected chi connectivity index (χ3v) is 7.82. The standard InChI is InChI=1S/C25H25Cl2NO4S/c1-17(2)16-28(33(31,32)25-22(26)4-3-5-23(25)27)21-13-11-20(12-14-21)19-9-6-18(7-10-19)8-15-24(29)30/h3-7,9-14,17H,8,15-16H2,1-2H3,(H,29,30). The van der Waals surface area contributed by atoms with Crippen LogP contribution in [0.2, 0.25) is 10.0 Å². The van der Waals surface area contributed by atoms with Gasteiger partial charge in [0.05, 0.1) is 15.7 Å². The summed E-state index contributed by atoms with van der Waals surface area (Å²) in [5.74, 6) is -0.757. The predicted octanol–water partition coefficient (Wildman–Crippen LogP) is 6.53. The number of rotatable bonds is 9. The average Bonchev–Trinajstić information content (AvgIpc) is 2.76. The second-order valence-electron chi connectivity index (χ2n) is 8.12. The minimum atomic E-state index is -3.99. The fraction of sp³-hybridized carbons (Fsp3) is 0.240. The van der Waals surface area contributed by atoms with Crippen molar-refractivity contribution in [3.05, 3.63) is 82.3 Å². The molecule has 174 valence electrons. The quantitative estimate of drug-likeness (QED) is 0.358. The van der Waals surface area contributed by atoms with E-state index in [1.54, 1.807) is 18.2 Å². The molecule has 33 heavy (non-hydrogen) atoms. The molecule has 3 rings (SSSR count). The number of nitrogens with zero attached hydrogens (tertiary/aromatic N) is 1. The molecule has 0 radical (unpaired) electrons. The summed E-state index contributed by atoms with van der Waals surface area (Å²) in [7, 11) is -3.99. The van der Waals surface area contributed by atoms with E-state index >= 15 is 0 Å². The van der Waals surface area contributed by atoms with Gasteiger partial charge in [-0.25, -0.2) is 8.42 Å². The van der Waals surface area contributed by atoms with Crippen LogP contribution >= 0.6 is 23.2 Å². The highest BCUT2D eigenvalue weighted by Gasteiger charge is 2.30. The smallest absolute Gasteiger partial charge is 0.303 e. The predicted molar refractivity (Wildman–Crippen MR) is 134 cm³/mol. The number of hydrogen-bond donors (Lipinski definition) is 1. The molecule has 0 amide bonds. The van der Waals surface area contributed by atoms with Gasteiger partial charge in [0, 0.05) is 13.0 Å². The van der Waals surface area contributed by atoms with Gasteiger partial charge in [-0.3, -0.25) is 9.10 Å². The maximum atomic E-state index is 13.5. The van der Waals surface area contributed by atoms with Gasteiger partial charge in [0.25, 0.3) is 10.0 Å². The molecule has 0 aliphatic rings. The summed E-state index contributed by atoms with van der Waals surface area (Å²) < 4.78 is 28.4. The first kappa shape index (κ1) is 25.1. The number of carboxylic acids is 1. The zero-order valence-corrected chi connectivity index (χ0v) is 20.7. The molecule has 0 atom stereocenters. The molecule has 0 heterocycles. The van der Waals surface area contributed by atoms with Crippen molar-refractivity contribution in [2.24, 2.45) is 5.92 Å². The fourth-order valence-electron chi connectivity index (χ4n) is 3.45. The highest BCUT2D eigenvalue weighted by Crippen LogP contribution is 2.35. The van der Waals surface area contributed by atoms with Crippen molar-refractivity contribution in [3.63, 3.8) is 0 Å². The molecule has 3 aromatic rings. The Morgan fingerprint density at radius 1 is 0.909 bits per heavy atom.